The SMILES string of the molecule is CC1Cc2ccccc2N1C(=O)NCc1ccsc1. The molecule has 3 nitrogen and oxygen atoms in total. The van der Waals surface area contributed by atoms with Gasteiger partial charge in [-0.1, -0.05) is 18.2 Å². The normalized spacial score (nSPS) is 17.3. The van der Waals surface area contributed by atoms with E-state index in [-0.39, 0.29) is 12.1 Å². The molecule has 2 amide bonds. The van der Waals surface area contributed by atoms with E-state index in [2.05, 4.69) is 23.7 Å². The summed E-state index contributed by atoms with van der Waals surface area (Å²) in [6.07, 6.45) is 0.933. The molecule has 1 aliphatic heterocycles. The van der Waals surface area contributed by atoms with Gasteiger partial charge in [0.2, 0.25) is 0 Å². The second kappa shape index (κ2) is 5.05. The number of amides is 2. The number of anilines is 1. The number of nitrogens with one attached hydrogen (secondary N) is 1. The molecule has 0 spiro atoms. The zero-order valence-electron chi connectivity index (χ0n) is 10.8. The van der Waals surface area contributed by atoms with Crippen LogP contribution in [0.25, 0.3) is 0 Å². The van der Waals surface area contributed by atoms with Crippen molar-refractivity contribution in [1.82, 2.24) is 5.32 Å². The Balaban J connectivity index is 1.73. The van der Waals surface area contributed by atoms with Gasteiger partial charge in [-0.2, -0.15) is 11.3 Å². The lowest BCUT2D eigenvalue weighted by molar-refractivity contribution is 0.244. The molecule has 0 bridgehead atoms. The van der Waals surface area contributed by atoms with Gasteiger partial charge in [0.25, 0.3) is 0 Å². The summed E-state index contributed by atoms with van der Waals surface area (Å²) in [6.45, 7) is 2.68. The maximum absolute atomic E-state index is 12.3. The Morgan fingerprint density at radius 3 is 3.05 bits per heavy atom. The minimum absolute atomic E-state index is 0.0105. The predicted octanol–water partition coefficient (Wildman–Crippen LogP) is 3.41. The summed E-state index contributed by atoms with van der Waals surface area (Å²) in [5.41, 5.74) is 3.44. The van der Waals surface area contributed by atoms with Crippen LogP contribution in [0.3, 0.4) is 0 Å². The van der Waals surface area contributed by atoms with Crippen LogP contribution in [-0.2, 0) is 13.0 Å². The van der Waals surface area contributed by atoms with Gasteiger partial charge in [0.15, 0.2) is 0 Å². The zero-order chi connectivity index (χ0) is 13.2. The first-order valence-electron chi connectivity index (χ1n) is 6.42. The summed E-state index contributed by atoms with van der Waals surface area (Å²) in [5.74, 6) is 0. The van der Waals surface area contributed by atoms with Gasteiger partial charge in [0.05, 0.1) is 0 Å². The van der Waals surface area contributed by atoms with Crippen LogP contribution < -0.4 is 10.2 Å². The van der Waals surface area contributed by atoms with Crippen molar-refractivity contribution in [2.75, 3.05) is 4.90 Å². The number of para-hydroxylation sites is 1. The van der Waals surface area contributed by atoms with Crippen LogP contribution in [0.1, 0.15) is 18.1 Å². The number of fused-ring (bicyclic) bond motifs is 1. The third-order valence-electron chi connectivity index (χ3n) is 3.45. The molecule has 1 aromatic carbocycles. The van der Waals surface area contributed by atoms with Gasteiger partial charge in [-0.25, -0.2) is 4.79 Å². The molecular weight excluding hydrogens is 256 g/mol. The highest BCUT2D eigenvalue weighted by atomic mass is 32.1. The van der Waals surface area contributed by atoms with Crippen LogP contribution in [0.2, 0.25) is 0 Å². The molecule has 1 aliphatic rings. The van der Waals surface area contributed by atoms with E-state index in [0.717, 1.165) is 17.7 Å². The number of benzene rings is 1. The molecule has 0 fully saturated rings. The van der Waals surface area contributed by atoms with Crippen LogP contribution in [-0.4, -0.2) is 12.1 Å². The van der Waals surface area contributed by atoms with Gasteiger partial charge in [-0.15, -0.1) is 0 Å². The number of hydrogen-bond donors (Lipinski definition) is 1. The molecule has 98 valence electrons. The van der Waals surface area contributed by atoms with E-state index in [0.29, 0.717) is 6.54 Å². The topological polar surface area (TPSA) is 32.3 Å². The maximum Gasteiger partial charge on any atom is 0.322 e. The maximum atomic E-state index is 12.3. The Morgan fingerprint density at radius 2 is 2.26 bits per heavy atom. The monoisotopic (exact) mass is 272 g/mol. The van der Waals surface area contributed by atoms with Crippen molar-refractivity contribution >= 4 is 23.1 Å². The van der Waals surface area contributed by atoms with Crippen molar-refractivity contribution in [2.24, 2.45) is 0 Å². The molecule has 0 saturated carbocycles. The minimum Gasteiger partial charge on any atom is -0.334 e. The lowest BCUT2D eigenvalue weighted by Crippen LogP contribution is -2.42. The lowest BCUT2D eigenvalue weighted by Gasteiger charge is -2.23. The van der Waals surface area contributed by atoms with Crippen LogP contribution >= 0.6 is 11.3 Å². The first kappa shape index (κ1) is 12.2. The largest absolute Gasteiger partial charge is 0.334 e. The van der Waals surface area contributed by atoms with E-state index in [1.54, 1.807) is 11.3 Å². The second-order valence-electron chi connectivity index (χ2n) is 4.84. The smallest absolute Gasteiger partial charge is 0.322 e. The van der Waals surface area contributed by atoms with Crippen LogP contribution in [0, 0.1) is 0 Å². The van der Waals surface area contributed by atoms with Gasteiger partial charge >= 0.3 is 6.03 Å². The average Bonchev–Trinajstić information content (AvgIpc) is 3.02. The van der Waals surface area contributed by atoms with Crippen LogP contribution in [0.4, 0.5) is 10.5 Å². The summed E-state index contributed by atoms with van der Waals surface area (Å²) in [7, 11) is 0. The summed E-state index contributed by atoms with van der Waals surface area (Å²) >= 11 is 1.65. The Bertz CT molecular complexity index is 580. The summed E-state index contributed by atoms with van der Waals surface area (Å²) in [6, 6.07) is 10.4. The van der Waals surface area contributed by atoms with E-state index < -0.39 is 0 Å². The number of carbonyl (C=O) groups is 1. The third kappa shape index (κ3) is 2.36. The fourth-order valence-electron chi connectivity index (χ4n) is 2.53. The molecule has 2 heterocycles. The molecule has 3 rings (SSSR count). The van der Waals surface area contributed by atoms with E-state index in [4.69, 9.17) is 0 Å². The van der Waals surface area contributed by atoms with Crippen molar-refractivity contribution < 1.29 is 4.79 Å². The number of urea groups is 1. The molecule has 4 heteroatoms. The number of carbonyl (C=O) groups excluding carboxylic acids is 1. The van der Waals surface area contributed by atoms with Crippen molar-refractivity contribution in [3.63, 3.8) is 0 Å². The molecule has 1 aromatic heterocycles. The Kier molecular flexibility index (Phi) is 3.25. The average molecular weight is 272 g/mol. The highest BCUT2D eigenvalue weighted by molar-refractivity contribution is 7.07. The number of hydrogen-bond acceptors (Lipinski definition) is 2. The second-order valence-corrected chi connectivity index (χ2v) is 5.62. The molecule has 1 atom stereocenters. The Labute approximate surface area is 116 Å². The molecular formula is C15H16N2OS. The standard InChI is InChI=1S/C15H16N2OS/c1-11-8-13-4-2-3-5-14(13)17(11)15(18)16-9-12-6-7-19-10-12/h2-7,10-11H,8-9H2,1H3,(H,16,18). The van der Waals surface area contributed by atoms with Gasteiger partial charge in [-0.05, 0) is 47.4 Å². The predicted molar refractivity (Wildman–Crippen MR) is 78.6 cm³/mol. The van der Waals surface area contributed by atoms with Gasteiger partial charge < -0.3 is 5.32 Å². The lowest BCUT2D eigenvalue weighted by atomic mass is 10.1. The molecule has 0 radical (unpaired) electrons. The number of thiophene rings is 1. The van der Waals surface area contributed by atoms with Gasteiger partial charge in [-0.3, -0.25) is 4.90 Å². The Morgan fingerprint density at radius 1 is 1.42 bits per heavy atom. The number of nitrogens with zero attached hydrogens (tertiary/aromatic N) is 1. The molecule has 2 aromatic rings. The number of rotatable bonds is 2. The third-order valence-corrected chi connectivity index (χ3v) is 4.18. The molecule has 1 unspecified atom stereocenters. The quantitative estimate of drug-likeness (QED) is 0.892. The summed E-state index contributed by atoms with van der Waals surface area (Å²) < 4.78 is 0. The highest BCUT2D eigenvalue weighted by Crippen LogP contribution is 2.31. The first-order chi connectivity index (χ1) is 9.25. The van der Waals surface area contributed by atoms with E-state index in [9.17, 15) is 4.79 Å². The van der Waals surface area contributed by atoms with Crippen molar-refractivity contribution in [3.8, 4) is 0 Å². The van der Waals surface area contributed by atoms with Gasteiger partial charge in [0, 0.05) is 18.3 Å². The van der Waals surface area contributed by atoms with Crippen LogP contribution in [0.5, 0.6) is 0 Å². The molecule has 19 heavy (non-hydrogen) atoms. The van der Waals surface area contributed by atoms with E-state index >= 15 is 0 Å². The molecule has 0 aliphatic carbocycles. The van der Waals surface area contributed by atoms with Crippen molar-refractivity contribution in [2.45, 2.75) is 25.9 Å². The summed E-state index contributed by atoms with van der Waals surface area (Å²) in [5, 5.41) is 7.07. The van der Waals surface area contributed by atoms with E-state index in [1.807, 2.05) is 34.5 Å². The molecule has 0 saturated heterocycles. The van der Waals surface area contributed by atoms with Gasteiger partial charge in [0.1, 0.15) is 0 Å². The van der Waals surface area contributed by atoms with Crippen molar-refractivity contribution in [3.05, 3.63) is 52.2 Å². The van der Waals surface area contributed by atoms with Crippen LogP contribution in [0.15, 0.2) is 41.1 Å². The molecule has 1 N–H and O–H groups in total. The zero-order valence-corrected chi connectivity index (χ0v) is 11.6. The minimum atomic E-state index is -0.0105. The fourth-order valence-corrected chi connectivity index (χ4v) is 3.20. The summed E-state index contributed by atoms with van der Waals surface area (Å²) in [4.78, 5) is 14.2. The Hall–Kier alpha value is -1.81. The van der Waals surface area contributed by atoms with E-state index in [1.165, 1.54) is 5.56 Å². The van der Waals surface area contributed by atoms with Crippen molar-refractivity contribution in [1.29, 1.82) is 0 Å². The first-order valence-corrected chi connectivity index (χ1v) is 7.36. The fraction of sp³-hybridized carbons (Fsp3) is 0.267. The highest BCUT2D eigenvalue weighted by Gasteiger charge is 2.30.